The highest BCUT2D eigenvalue weighted by Crippen LogP contribution is 2.44. The smallest absolute Gasteiger partial charge is 0.143 e. The summed E-state index contributed by atoms with van der Waals surface area (Å²) < 4.78 is 1.23. The number of Topliss-reactive ketones (excluding diaryl/α,β-unsaturated/α-hetero) is 1. The van der Waals surface area contributed by atoms with Crippen LogP contribution < -0.4 is 0 Å². The minimum absolute atomic E-state index is 0.0167. The number of carbonyl (C=O) groups excluding carboxylic acids is 1. The molecule has 1 saturated carbocycles. The van der Waals surface area contributed by atoms with Crippen molar-refractivity contribution in [2.24, 2.45) is 11.3 Å². The van der Waals surface area contributed by atoms with E-state index in [1.54, 1.807) is 0 Å². The van der Waals surface area contributed by atoms with Gasteiger partial charge in [0.15, 0.2) is 0 Å². The zero-order valence-corrected chi connectivity index (χ0v) is 14.1. The largest absolute Gasteiger partial charge is 0.299 e. The van der Waals surface area contributed by atoms with Crippen LogP contribution in [0.1, 0.15) is 51.5 Å². The fraction of sp³-hybridized carbons (Fsp3) is 0.588. The van der Waals surface area contributed by atoms with E-state index in [-0.39, 0.29) is 5.41 Å². The number of carbonyl (C=O) groups is 1. The molecule has 2 heteroatoms. The molecule has 19 heavy (non-hydrogen) atoms. The predicted molar refractivity (Wildman–Crippen MR) is 88.2 cm³/mol. The van der Waals surface area contributed by atoms with E-state index in [0.29, 0.717) is 18.1 Å². The molecule has 0 atom stereocenters. The van der Waals surface area contributed by atoms with Crippen molar-refractivity contribution < 1.29 is 4.79 Å². The van der Waals surface area contributed by atoms with Crippen molar-refractivity contribution in [3.8, 4) is 0 Å². The Morgan fingerprint density at radius 1 is 1.21 bits per heavy atom. The zero-order chi connectivity index (χ0) is 13.9. The summed E-state index contributed by atoms with van der Waals surface area (Å²) in [5.41, 5.74) is 1.15. The standard InChI is InChI=1S/C17H23IO/c1-13(2)12-17(9-3-4-10-17)16(19)11-14-5-7-15(18)8-6-14/h5-8,13H,3-4,9-12H2,1-2H3. The van der Waals surface area contributed by atoms with Gasteiger partial charge in [-0.25, -0.2) is 0 Å². The van der Waals surface area contributed by atoms with Gasteiger partial charge in [0.25, 0.3) is 0 Å². The van der Waals surface area contributed by atoms with Crippen molar-refractivity contribution in [1.82, 2.24) is 0 Å². The summed E-state index contributed by atoms with van der Waals surface area (Å²) in [4.78, 5) is 12.8. The molecular formula is C17H23IO. The number of benzene rings is 1. The quantitative estimate of drug-likeness (QED) is 0.666. The Morgan fingerprint density at radius 2 is 1.79 bits per heavy atom. The van der Waals surface area contributed by atoms with Gasteiger partial charge in [0.1, 0.15) is 5.78 Å². The third-order valence-corrected chi connectivity index (χ3v) is 4.95. The maximum Gasteiger partial charge on any atom is 0.143 e. The first kappa shape index (κ1) is 15.0. The molecule has 0 radical (unpaired) electrons. The van der Waals surface area contributed by atoms with Gasteiger partial charge >= 0.3 is 0 Å². The molecule has 0 N–H and O–H groups in total. The van der Waals surface area contributed by atoms with Gasteiger partial charge in [-0.15, -0.1) is 0 Å². The molecule has 1 aliphatic carbocycles. The van der Waals surface area contributed by atoms with Crippen LogP contribution in [0.15, 0.2) is 24.3 Å². The maximum absolute atomic E-state index is 12.8. The van der Waals surface area contributed by atoms with Crippen LogP contribution in [0.4, 0.5) is 0 Å². The second-order valence-electron chi connectivity index (χ2n) is 6.31. The van der Waals surface area contributed by atoms with Crippen LogP contribution >= 0.6 is 22.6 Å². The molecule has 104 valence electrons. The van der Waals surface area contributed by atoms with Crippen LogP contribution in [0.2, 0.25) is 0 Å². The molecule has 0 unspecified atom stereocenters. The molecule has 1 fully saturated rings. The molecule has 2 rings (SSSR count). The van der Waals surface area contributed by atoms with E-state index >= 15 is 0 Å². The number of hydrogen-bond donors (Lipinski definition) is 0. The van der Waals surface area contributed by atoms with E-state index in [1.807, 2.05) is 0 Å². The number of ketones is 1. The van der Waals surface area contributed by atoms with Crippen molar-refractivity contribution in [1.29, 1.82) is 0 Å². The molecule has 0 saturated heterocycles. The fourth-order valence-corrected chi connectivity index (χ4v) is 3.76. The van der Waals surface area contributed by atoms with Crippen LogP contribution in [0.3, 0.4) is 0 Å². The molecule has 0 spiro atoms. The summed E-state index contributed by atoms with van der Waals surface area (Å²) in [5.74, 6) is 1.08. The molecule has 0 aliphatic heterocycles. The van der Waals surface area contributed by atoms with Crippen molar-refractivity contribution in [2.75, 3.05) is 0 Å². The van der Waals surface area contributed by atoms with Crippen LogP contribution in [0.5, 0.6) is 0 Å². The fourth-order valence-electron chi connectivity index (χ4n) is 3.41. The van der Waals surface area contributed by atoms with Crippen molar-refractivity contribution in [2.45, 2.75) is 52.4 Å². The molecular weight excluding hydrogens is 347 g/mol. The Hall–Kier alpha value is -0.380. The second kappa shape index (κ2) is 6.38. The third-order valence-electron chi connectivity index (χ3n) is 4.23. The molecule has 0 amide bonds. The van der Waals surface area contributed by atoms with E-state index in [1.165, 1.54) is 22.0 Å². The lowest BCUT2D eigenvalue weighted by Crippen LogP contribution is -2.31. The van der Waals surface area contributed by atoms with E-state index in [0.717, 1.165) is 19.3 Å². The Kier molecular flexibility index (Phi) is 5.04. The van der Waals surface area contributed by atoms with E-state index in [9.17, 15) is 4.79 Å². The van der Waals surface area contributed by atoms with Gasteiger partial charge in [-0.2, -0.15) is 0 Å². The van der Waals surface area contributed by atoms with Crippen LogP contribution in [0, 0.1) is 14.9 Å². The highest BCUT2D eigenvalue weighted by atomic mass is 127. The molecule has 0 aromatic heterocycles. The Morgan fingerprint density at radius 3 is 2.32 bits per heavy atom. The highest BCUT2D eigenvalue weighted by molar-refractivity contribution is 14.1. The number of rotatable bonds is 5. The van der Waals surface area contributed by atoms with Crippen LogP contribution in [0.25, 0.3) is 0 Å². The van der Waals surface area contributed by atoms with Gasteiger partial charge in [-0.3, -0.25) is 4.79 Å². The maximum atomic E-state index is 12.8. The molecule has 1 aromatic carbocycles. The van der Waals surface area contributed by atoms with E-state index in [2.05, 4.69) is 60.7 Å². The van der Waals surface area contributed by atoms with E-state index < -0.39 is 0 Å². The van der Waals surface area contributed by atoms with E-state index in [4.69, 9.17) is 0 Å². The van der Waals surface area contributed by atoms with Crippen molar-refractivity contribution in [3.63, 3.8) is 0 Å². The first-order valence-corrected chi connectivity index (χ1v) is 8.37. The van der Waals surface area contributed by atoms with Gasteiger partial charge in [0, 0.05) is 15.4 Å². The molecule has 1 aliphatic rings. The average molecular weight is 370 g/mol. The SMILES string of the molecule is CC(C)CC1(C(=O)Cc2ccc(I)cc2)CCCC1. The third kappa shape index (κ3) is 3.80. The second-order valence-corrected chi connectivity index (χ2v) is 7.56. The first-order valence-electron chi connectivity index (χ1n) is 7.30. The lowest BCUT2D eigenvalue weighted by Gasteiger charge is -2.29. The highest BCUT2D eigenvalue weighted by Gasteiger charge is 2.40. The monoisotopic (exact) mass is 370 g/mol. The lowest BCUT2D eigenvalue weighted by atomic mass is 9.73. The van der Waals surface area contributed by atoms with Gasteiger partial charge in [-0.1, -0.05) is 38.8 Å². The Bertz CT molecular complexity index is 427. The minimum Gasteiger partial charge on any atom is -0.299 e. The average Bonchev–Trinajstić information content (AvgIpc) is 2.81. The van der Waals surface area contributed by atoms with Crippen molar-refractivity contribution in [3.05, 3.63) is 33.4 Å². The Balaban J connectivity index is 2.09. The van der Waals surface area contributed by atoms with Gasteiger partial charge in [0.05, 0.1) is 0 Å². The summed E-state index contributed by atoms with van der Waals surface area (Å²) in [6.07, 6.45) is 6.35. The van der Waals surface area contributed by atoms with Gasteiger partial charge in [0.2, 0.25) is 0 Å². The summed E-state index contributed by atoms with van der Waals surface area (Å²) >= 11 is 2.30. The summed E-state index contributed by atoms with van der Waals surface area (Å²) in [6, 6.07) is 8.37. The van der Waals surface area contributed by atoms with Gasteiger partial charge in [-0.05, 0) is 65.5 Å². The number of hydrogen-bond acceptors (Lipinski definition) is 1. The summed E-state index contributed by atoms with van der Waals surface area (Å²) in [7, 11) is 0. The van der Waals surface area contributed by atoms with Crippen molar-refractivity contribution >= 4 is 28.4 Å². The summed E-state index contributed by atoms with van der Waals surface area (Å²) in [5, 5.41) is 0. The predicted octanol–water partition coefficient (Wildman–Crippen LogP) is 5.01. The first-order chi connectivity index (χ1) is 9.02. The lowest BCUT2D eigenvalue weighted by molar-refractivity contribution is -0.128. The van der Waals surface area contributed by atoms with Gasteiger partial charge < -0.3 is 0 Å². The van der Waals surface area contributed by atoms with Crippen LogP contribution in [-0.4, -0.2) is 5.78 Å². The molecule has 0 bridgehead atoms. The van der Waals surface area contributed by atoms with Crippen LogP contribution in [-0.2, 0) is 11.2 Å². The molecule has 1 aromatic rings. The molecule has 0 heterocycles. The molecule has 1 nitrogen and oxygen atoms in total. The Labute approximate surface area is 130 Å². The summed E-state index contributed by atoms with van der Waals surface area (Å²) in [6.45, 7) is 4.47. The zero-order valence-electron chi connectivity index (χ0n) is 11.9. The number of halogens is 1. The normalized spacial score (nSPS) is 17.9. The topological polar surface area (TPSA) is 17.1 Å². The minimum atomic E-state index is -0.0167.